The second kappa shape index (κ2) is 4.73. The van der Waals surface area contributed by atoms with E-state index in [1.165, 1.54) is 31.4 Å². The van der Waals surface area contributed by atoms with Gasteiger partial charge in [-0.2, -0.15) is 0 Å². The fourth-order valence-corrected chi connectivity index (χ4v) is 2.84. The first-order valence-corrected chi connectivity index (χ1v) is 6.09. The molecule has 0 atom stereocenters. The molecule has 4 heteroatoms. The van der Waals surface area contributed by atoms with E-state index in [2.05, 4.69) is 11.5 Å². The lowest BCUT2D eigenvalue weighted by Gasteiger charge is -2.17. The molecule has 1 saturated carbocycles. The molecule has 1 aliphatic rings. The normalized spacial score (nSPS) is 17.1. The molecule has 1 aromatic rings. The molecule has 4 nitrogen and oxygen atoms in total. The third-order valence-electron chi connectivity index (χ3n) is 3.59. The van der Waals surface area contributed by atoms with E-state index in [1.807, 2.05) is 13.0 Å². The SMILES string of the molecule is Cc1cc(/C=C/[N+](=O)[O-])c(C)n1C1CCCC1. The van der Waals surface area contributed by atoms with Gasteiger partial charge in [0.1, 0.15) is 0 Å². The third-order valence-corrected chi connectivity index (χ3v) is 3.59. The van der Waals surface area contributed by atoms with Crippen LogP contribution in [0, 0.1) is 24.0 Å². The first kappa shape index (κ1) is 11.9. The summed E-state index contributed by atoms with van der Waals surface area (Å²) in [5.41, 5.74) is 3.32. The smallest absolute Gasteiger partial charge is 0.235 e. The molecule has 0 spiro atoms. The van der Waals surface area contributed by atoms with Crippen molar-refractivity contribution in [1.29, 1.82) is 0 Å². The number of nitro groups is 1. The molecule has 1 fully saturated rings. The fraction of sp³-hybridized carbons (Fsp3) is 0.538. The molecule has 0 aliphatic heterocycles. The van der Waals surface area contributed by atoms with Crippen molar-refractivity contribution < 1.29 is 4.92 Å². The molecule has 0 amide bonds. The maximum absolute atomic E-state index is 10.3. The summed E-state index contributed by atoms with van der Waals surface area (Å²) in [4.78, 5) is 9.93. The molecular weight excluding hydrogens is 216 g/mol. The van der Waals surface area contributed by atoms with E-state index >= 15 is 0 Å². The zero-order valence-corrected chi connectivity index (χ0v) is 10.3. The highest BCUT2D eigenvalue weighted by molar-refractivity contribution is 5.52. The average molecular weight is 234 g/mol. The first-order chi connectivity index (χ1) is 8.09. The molecule has 1 aliphatic carbocycles. The second-order valence-corrected chi connectivity index (χ2v) is 4.74. The summed E-state index contributed by atoms with van der Waals surface area (Å²) in [5, 5.41) is 10.3. The standard InChI is InChI=1S/C13H18N2O2/c1-10-9-12(7-8-14(16)17)11(2)15(10)13-5-3-4-6-13/h7-9,13H,3-6H2,1-2H3/b8-7+. The molecule has 0 aromatic carbocycles. The van der Waals surface area contributed by atoms with Gasteiger partial charge in [0.2, 0.25) is 6.20 Å². The molecule has 1 aromatic heterocycles. The molecular formula is C13H18N2O2. The van der Waals surface area contributed by atoms with Gasteiger partial charge in [-0.05, 0) is 32.8 Å². The Kier molecular flexibility index (Phi) is 3.31. The van der Waals surface area contributed by atoms with E-state index in [0.717, 1.165) is 17.5 Å². The van der Waals surface area contributed by atoms with E-state index in [0.29, 0.717) is 6.04 Å². The van der Waals surface area contributed by atoms with Gasteiger partial charge in [-0.25, -0.2) is 0 Å². The van der Waals surface area contributed by atoms with Crippen LogP contribution in [0.15, 0.2) is 12.3 Å². The number of nitrogens with zero attached hydrogens (tertiary/aromatic N) is 2. The Labute approximate surface area is 101 Å². The minimum Gasteiger partial charge on any atom is -0.346 e. The van der Waals surface area contributed by atoms with Crippen molar-refractivity contribution >= 4 is 6.08 Å². The number of hydrogen-bond donors (Lipinski definition) is 0. The number of aromatic nitrogens is 1. The van der Waals surface area contributed by atoms with Gasteiger partial charge in [-0.3, -0.25) is 10.1 Å². The summed E-state index contributed by atoms with van der Waals surface area (Å²) >= 11 is 0. The Morgan fingerprint density at radius 3 is 2.65 bits per heavy atom. The fourth-order valence-electron chi connectivity index (χ4n) is 2.84. The molecule has 1 heterocycles. The van der Waals surface area contributed by atoms with Crippen LogP contribution in [0.4, 0.5) is 0 Å². The molecule has 0 bridgehead atoms. The number of rotatable bonds is 3. The summed E-state index contributed by atoms with van der Waals surface area (Å²) in [7, 11) is 0. The molecule has 0 unspecified atom stereocenters. The molecule has 0 N–H and O–H groups in total. The molecule has 0 radical (unpaired) electrons. The lowest BCUT2D eigenvalue weighted by Crippen LogP contribution is -2.08. The van der Waals surface area contributed by atoms with Crippen LogP contribution in [0.1, 0.15) is 48.7 Å². The van der Waals surface area contributed by atoms with E-state index in [4.69, 9.17) is 0 Å². The first-order valence-electron chi connectivity index (χ1n) is 6.09. The van der Waals surface area contributed by atoms with Gasteiger partial charge in [-0.1, -0.05) is 12.8 Å². The van der Waals surface area contributed by atoms with Gasteiger partial charge >= 0.3 is 0 Å². The maximum atomic E-state index is 10.3. The Bertz CT molecular complexity index is 454. The van der Waals surface area contributed by atoms with Gasteiger partial charge in [0.05, 0.1) is 4.92 Å². The van der Waals surface area contributed by atoms with Crippen LogP contribution >= 0.6 is 0 Å². The van der Waals surface area contributed by atoms with Crippen LogP contribution < -0.4 is 0 Å². The van der Waals surface area contributed by atoms with E-state index in [-0.39, 0.29) is 0 Å². The van der Waals surface area contributed by atoms with Crippen LogP contribution in [-0.4, -0.2) is 9.49 Å². The quantitative estimate of drug-likeness (QED) is 0.594. The van der Waals surface area contributed by atoms with Crippen molar-refractivity contribution in [3.05, 3.63) is 39.3 Å². The van der Waals surface area contributed by atoms with Crippen molar-refractivity contribution in [2.24, 2.45) is 0 Å². The monoisotopic (exact) mass is 234 g/mol. The minimum absolute atomic E-state index is 0.415. The van der Waals surface area contributed by atoms with Crippen LogP contribution in [0.25, 0.3) is 6.08 Å². The van der Waals surface area contributed by atoms with Crippen LogP contribution in [0.3, 0.4) is 0 Å². The van der Waals surface area contributed by atoms with Crippen molar-refractivity contribution in [3.8, 4) is 0 Å². The van der Waals surface area contributed by atoms with Crippen LogP contribution in [0.5, 0.6) is 0 Å². The summed E-state index contributed by atoms with van der Waals surface area (Å²) in [5.74, 6) is 0. The predicted octanol–water partition coefficient (Wildman–Crippen LogP) is 3.47. The van der Waals surface area contributed by atoms with Crippen molar-refractivity contribution in [2.45, 2.75) is 45.6 Å². The van der Waals surface area contributed by atoms with E-state index in [1.54, 1.807) is 6.08 Å². The largest absolute Gasteiger partial charge is 0.346 e. The zero-order valence-electron chi connectivity index (χ0n) is 10.3. The Morgan fingerprint density at radius 2 is 2.06 bits per heavy atom. The second-order valence-electron chi connectivity index (χ2n) is 4.74. The molecule has 17 heavy (non-hydrogen) atoms. The predicted molar refractivity (Wildman–Crippen MR) is 67.4 cm³/mol. The van der Waals surface area contributed by atoms with E-state index < -0.39 is 4.92 Å². The Morgan fingerprint density at radius 1 is 1.41 bits per heavy atom. The van der Waals surface area contributed by atoms with Crippen molar-refractivity contribution in [2.75, 3.05) is 0 Å². The van der Waals surface area contributed by atoms with Crippen LogP contribution in [0.2, 0.25) is 0 Å². The van der Waals surface area contributed by atoms with Crippen molar-refractivity contribution in [1.82, 2.24) is 4.57 Å². The summed E-state index contributed by atoms with van der Waals surface area (Å²) in [6, 6.07) is 2.63. The lowest BCUT2D eigenvalue weighted by molar-refractivity contribution is -0.400. The topological polar surface area (TPSA) is 48.1 Å². The highest BCUT2D eigenvalue weighted by atomic mass is 16.6. The zero-order chi connectivity index (χ0) is 12.4. The average Bonchev–Trinajstić information content (AvgIpc) is 2.84. The van der Waals surface area contributed by atoms with Gasteiger partial charge < -0.3 is 4.57 Å². The highest BCUT2D eigenvalue weighted by Gasteiger charge is 2.20. The van der Waals surface area contributed by atoms with Crippen LogP contribution in [-0.2, 0) is 0 Å². The molecule has 92 valence electrons. The Hall–Kier alpha value is -1.58. The Balaban J connectivity index is 2.31. The summed E-state index contributed by atoms with van der Waals surface area (Å²) < 4.78 is 2.34. The van der Waals surface area contributed by atoms with Gasteiger partial charge in [0.15, 0.2) is 0 Å². The van der Waals surface area contributed by atoms with Gasteiger partial charge in [0.25, 0.3) is 0 Å². The lowest BCUT2D eigenvalue weighted by atomic mass is 10.2. The van der Waals surface area contributed by atoms with Crippen molar-refractivity contribution in [3.63, 3.8) is 0 Å². The molecule has 2 rings (SSSR count). The highest BCUT2D eigenvalue weighted by Crippen LogP contribution is 2.33. The molecule has 0 saturated heterocycles. The summed E-state index contributed by atoms with van der Waals surface area (Å²) in [6.07, 6.45) is 7.65. The minimum atomic E-state index is -0.415. The van der Waals surface area contributed by atoms with Gasteiger partial charge in [-0.15, -0.1) is 0 Å². The number of hydrogen-bond acceptors (Lipinski definition) is 2. The third kappa shape index (κ3) is 2.40. The maximum Gasteiger partial charge on any atom is 0.235 e. The van der Waals surface area contributed by atoms with Gasteiger partial charge in [0, 0.05) is 29.1 Å². The number of aryl methyl sites for hydroxylation is 1. The summed E-state index contributed by atoms with van der Waals surface area (Å²) in [6.45, 7) is 4.12. The van der Waals surface area contributed by atoms with E-state index in [9.17, 15) is 10.1 Å².